The quantitative estimate of drug-likeness (QED) is 0.585. The number of nitrogens with one attached hydrogen (secondary N) is 1. The van der Waals surface area contributed by atoms with E-state index in [0.717, 1.165) is 25.8 Å². The Hall–Kier alpha value is -1.46. The molecule has 0 radical (unpaired) electrons. The van der Waals surface area contributed by atoms with Crippen LogP contribution >= 0.6 is 0 Å². The second-order valence-electron chi connectivity index (χ2n) is 4.69. The van der Waals surface area contributed by atoms with Crippen LogP contribution in [0.4, 0.5) is 5.69 Å². The zero-order valence-electron chi connectivity index (χ0n) is 11.7. The molecule has 98 valence electrons. The van der Waals surface area contributed by atoms with Gasteiger partial charge in [0, 0.05) is 32.2 Å². The topological polar surface area (TPSA) is 15.3 Å². The van der Waals surface area contributed by atoms with Crippen molar-refractivity contribution in [1.29, 1.82) is 0 Å². The summed E-state index contributed by atoms with van der Waals surface area (Å²) >= 11 is 0. The fraction of sp³-hybridized carbons (Fsp3) is 0.500. The third-order valence-electron chi connectivity index (χ3n) is 3.08. The zero-order valence-corrected chi connectivity index (χ0v) is 11.7. The maximum absolute atomic E-state index is 5.30. The summed E-state index contributed by atoms with van der Waals surface area (Å²) in [4.78, 5) is 2.12. The average Bonchev–Trinajstić information content (AvgIpc) is 2.38. The van der Waals surface area contributed by atoms with Gasteiger partial charge in [0.25, 0.3) is 0 Å². The molecule has 0 aliphatic rings. The van der Waals surface area contributed by atoms with Gasteiger partial charge in [0.15, 0.2) is 0 Å². The van der Waals surface area contributed by atoms with Crippen LogP contribution in [0.25, 0.3) is 0 Å². The number of hydrogen-bond donors (Lipinski definition) is 1. The second kappa shape index (κ2) is 7.79. The zero-order chi connectivity index (χ0) is 13.4. The lowest BCUT2D eigenvalue weighted by Gasteiger charge is -2.19. The van der Waals surface area contributed by atoms with Crippen LogP contribution in [0.1, 0.15) is 37.8 Å². The van der Waals surface area contributed by atoms with Crippen molar-refractivity contribution >= 4 is 5.69 Å². The van der Waals surface area contributed by atoms with Crippen molar-refractivity contribution in [2.24, 2.45) is 0 Å². The van der Waals surface area contributed by atoms with Gasteiger partial charge in [-0.05, 0) is 37.1 Å². The first-order valence-electron chi connectivity index (χ1n) is 6.63. The molecule has 0 bridgehead atoms. The highest BCUT2D eigenvalue weighted by atomic mass is 15.1. The van der Waals surface area contributed by atoms with Crippen molar-refractivity contribution in [3.8, 4) is 12.3 Å². The minimum atomic E-state index is 0.416. The third kappa shape index (κ3) is 4.43. The fourth-order valence-corrected chi connectivity index (χ4v) is 2.05. The van der Waals surface area contributed by atoms with E-state index in [-0.39, 0.29) is 0 Å². The van der Waals surface area contributed by atoms with Gasteiger partial charge < -0.3 is 10.2 Å². The molecular weight excluding hydrogens is 220 g/mol. The Morgan fingerprint density at radius 2 is 1.94 bits per heavy atom. The van der Waals surface area contributed by atoms with E-state index in [1.807, 2.05) is 0 Å². The van der Waals surface area contributed by atoms with Crippen LogP contribution in [-0.2, 0) is 0 Å². The smallest absolute Gasteiger partial charge is 0.0361 e. The van der Waals surface area contributed by atoms with Crippen molar-refractivity contribution in [2.45, 2.75) is 32.2 Å². The van der Waals surface area contributed by atoms with Gasteiger partial charge in [-0.15, -0.1) is 12.3 Å². The SMILES string of the molecule is C#CCCCC(NCC)c1ccc(N(C)C)cc1. The highest BCUT2D eigenvalue weighted by Crippen LogP contribution is 2.22. The van der Waals surface area contributed by atoms with Crippen molar-refractivity contribution < 1.29 is 0 Å². The molecule has 0 aromatic heterocycles. The van der Waals surface area contributed by atoms with E-state index in [2.05, 4.69) is 61.4 Å². The second-order valence-corrected chi connectivity index (χ2v) is 4.69. The predicted octanol–water partition coefficient (Wildman–Crippen LogP) is 3.21. The van der Waals surface area contributed by atoms with Crippen molar-refractivity contribution in [2.75, 3.05) is 25.5 Å². The number of nitrogens with zero attached hydrogens (tertiary/aromatic N) is 1. The third-order valence-corrected chi connectivity index (χ3v) is 3.08. The van der Waals surface area contributed by atoms with Gasteiger partial charge in [-0.2, -0.15) is 0 Å². The number of hydrogen-bond acceptors (Lipinski definition) is 2. The molecule has 1 N–H and O–H groups in total. The van der Waals surface area contributed by atoms with Gasteiger partial charge in [-0.3, -0.25) is 0 Å². The Morgan fingerprint density at radius 3 is 2.44 bits per heavy atom. The highest BCUT2D eigenvalue weighted by Gasteiger charge is 2.09. The molecule has 1 atom stereocenters. The Balaban J connectivity index is 2.69. The molecule has 2 nitrogen and oxygen atoms in total. The van der Waals surface area contributed by atoms with E-state index in [1.54, 1.807) is 0 Å². The molecule has 0 saturated carbocycles. The first-order valence-corrected chi connectivity index (χ1v) is 6.63. The molecule has 18 heavy (non-hydrogen) atoms. The van der Waals surface area contributed by atoms with Gasteiger partial charge in [-0.25, -0.2) is 0 Å². The van der Waals surface area contributed by atoms with E-state index < -0.39 is 0 Å². The molecule has 0 aliphatic carbocycles. The minimum absolute atomic E-state index is 0.416. The molecular formula is C16H24N2. The molecule has 1 rings (SSSR count). The van der Waals surface area contributed by atoms with Crippen LogP contribution in [0.2, 0.25) is 0 Å². The Kier molecular flexibility index (Phi) is 6.32. The normalized spacial score (nSPS) is 11.9. The van der Waals surface area contributed by atoms with Gasteiger partial charge in [0.1, 0.15) is 0 Å². The maximum atomic E-state index is 5.30. The number of rotatable bonds is 7. The monoisotopic (exact) mass is 244 g/mol. The predicted molar refractivity (Wildman–Crippen MR) is 79.9 cm³/mol. The molecule has 0 aliphatic heterocycles. The lowest BCUT2D eigenvalue weighted by Crippen LogP contribution is -2.21. The molecule has 2 heteroatoms. The molecule has 0 amide bonds. The molecule has 1 unspecified atom stereocenters. The van der Waals surface area contributed by atoms with Gasteiger partial charge >= 0.3 is 0 Å². The molecule has 1 aromatic carbocycles. The van der Waals surface area contributed by atoms with Crippen LogP contribution in [0.3, 0.4) is 0 Å². The van der Waals surface area contributed by atoms with E-state index in [4.69, 9.17) is 6.42 Å². The first kappa shape index (κ1) is 14.6. The highest BCUT2D eigenvalue weighted by molar-refractivity contribution is 5.46. The molecule has 0 heterocycles. The number of benzene rings is 1. The summed E-state index contributed by atoms with van der Waals surface area (Å²) in [5.41, 5.74) is 2.58. The lowest BCUT2D eigenvalue weighted by atomic mass is 10.0. The van der Waals surface area contributed by atoms with Gasteiger partial charge in [-0.1, -0.05) is 19.1 Å². The van der Waals surface area contributed by atoms with Gasteiger partial charge in [0.2, 0.25) is 0 Å². The lowest BCUT2D eigenvalue weighted by molar-refractivity contribution is 0.502. The molecule has 1 aromatic rings. The van der Waals surface area contributed by atoms with E-state index in [0.29, 0.717) is 6.04 Å². The van der Waals surface area contributed by atoms with E-state index in [1.165, 1.54) is 11.3 Å². The van der Waals surface area contributed by atoms with Crippen LogP contribution in [0, 0.1) is 12.3 Å². The summed E-state index contributed by atoms with van der Waals surface area (Å²) in [5, 5.41) is 3.52. The molecule has 0 saturated heterocycles. The van der Waals surface area contributed by atoms with Crippen LogP contribution in [0.15, 0.2) is 24.3 Å². The van der Waals surface area contributed by atoms with Gasteiger partial charge in [0.05, 0.1) is 0 Å². The number of anilines is 1. The van der Waals surface area contributed by atoms with Crippen molar-refractivity contribution in [3.05, 3.63) is 29.8 Å². The number of unbranched alkanes of at least 4 members (excludes halogenated alkanes) is 1. The summed E-state index contributed by atoms with van der Waals surface area (Å²) in [6, 6.07) is 9.17. The summed E-state index contributed by atoms with van der Waals surface area (Å²) in [5.74, 6) is 2.71. The van der Waals surface area contributed by atoms with Crippen LogP contribution in [-0.4, -0.2) is 20.6 Å². The average molecular weight is 244 g/mol. The summed E-state index contributed by atoms with van der Waals surface area (Å²) < 4.78 is 0. The van der Waals surface area contributed by atoms with E-state index >= 15 is 0 Å². The minimum Gasteiger partial charge on any atom is -0.378 e. The first-order chi connectivity index (χ1) is 8.69. The summed E-state index contributed by atoms with van der Waals surface area (Å²) in [7, 11) is 4.12. The maximum Gasteiger partial charge on any atom is 0.0361 e. The van der Waals surface area contributed by atoms with Crippen LogP contribution < -0.4 is 10.2 Å². The number of terminal acetylenes is 1. The van der Waals surface area contributed by atoms with Crippen LogP contribution in [0.5, 0.6) is 0 Å². The Labute approximate surface area is 111 Å². The standard InChI is InChI=1S/C16H24N2/c1-5-7-8-9-16(17-6-2)14-10-12-15(13-11-14)18(3)4/h1,10-13,16-17H,6-9H2,2-4H3. The largest absolute Gasteiger partial charge is 0.378 e. The van der Waals surface area contributed by atoms with Crippen molar-refractivity contribution in [3.63, 3.8) is 0 Å². The molecule has 0 spiro atoms. The Bertz CT molecular complexity index is 373. The Morgan fingerprint density at radius 1 is 1.28 bits per heavy atom. The molecule has 0 fully saturated rings. The fourth-order valence-electron chi connectivity index (χ4n) is 2.05. The summed E-state index contributed by atoms with van der Waals surface area (Å²) in [6.07, 6.45) is 8.33. The summed E-state index contributed by atoms with van der Waals surface area (Å²) in [6.45, 7) is 3.12. The van der Waals surface area contributed by atoms with Crippen molar-refractivity contribution in [1.82, 2.24) is 5.32 Å². The van der Waals surface area contributed by atoms with E-state index in [9.17, 15) is 0 Å².